The number of unbranched alkanes of at least 4 members (excludes halogenated alkanes) is 13. The fourth-order valence-electron chi connectivity index (χ4n) is 5.34. The van der Waals surface area contributed by atoms with Gasteiger partial charge in [-0.1, -0.05) is 77.0 Å². The van der Waals surface area contributed by atoms with Gasteiger partial charge < -0.3 is 39.3 Å². The zero-order chi connectivity index (χ0) is 37.8. The topological polar surface area (TPSA) is 192 Å². The predicted octanol–water partition coefficient (Wildman–Crippen LogP) is 5.87. The van der Waals surface area contributed by atoms with E-state index in [1.54, 1.807) is 0 Å². The van der Waals surface area contributed by atoms with Gasteiger partial charge in [0.05, 0.1) is 39.0 Å². The van der Waals surface area contributed by atoms with Crippen LogP contribution in [0, 0.1) is 5.92 Å². The average Bonchev–Trinajstić information content (AvgIpc) is 3.08. The standard InChI is InChI=1S/C38H67NO12/c1-32(40)20-21-33(38(46)47)29-35(42)30-50-27-26-49-24-22-39-36(43)31-51-28-25-48-23-16-18-34(41)17-14-12-10-8-6-4-2-3-5-7-9-11-13-15-19-37(44)45/h33H,2-31H2,1H3,(H,39,43)(H,44,45)(H,46,47)/t33-/m1/s1. The molecule has 0 aliphatic carbocycles. The summed E-state index contributed by atoms with van der Waals surface area (Å²) in [5.41, 5.74) is 0. The number of carbonyl (C=O) groups is 6. The fourth-order valence-corrected chi connectivity index (χ4v) is 5.34. The smallest absolute Gasteiger partial charge is 0.306 e. The van der Waals surface area contributed by atoms with Gasteiger partial charge in [0.1, 0.15) is 24.8 Å². The molecule has 0 aromatic rings. The second-order valence-corrected chi connectivity index (χ2v) is 13.2. The van der Waals surface area contributed by atoms with Crippen molar-refractivity contribution in [3.8, 4) is 0 Å². The lowest BCUT2D eigenvalue weighted by Crippen LogP contribution is -2.31. The van der Waals surface area contributed by atoms with Gasteiger partial charge in [0, 0.05) is 45.3 Å². The Morgan fingerprint density at radius 3 is 1.51 bits per heavy atom. The lowest BCUT2D eigenvalue weighted by molar-refractivity contribution is -0.144. The number of hydrogen-bond donors (Lipinski definition) is 3. The molecule has 0 fully saturated rings. The van der Waals surface area contributed by atoms with Gasteiger partial charge in [-0.3, -0.25) is 24.0 Å². The lowest BCUT2D eigenvalue weighted by Gasteiger charge is -2.11. The molecule has 1 atom stereocenters. The molecule has 0 radical (unpaired) electrons. The van der Waals surface area contributed by atoms with E-state index in [9.17, 15) is 33.9 Å². The maximum Gasteiger partial charge on any atom is 0.306 e. The van der Waals surface area contributed by atoms with Gasteiger partial charge in [-0.25, -0.2) is 0 Å². The number of Topliss-reactive ketones (excluding diaryl/α,β-unsaturated/α-hetero) is 3. The van der Waals surface area contributed by atoms with Gasteiger partial charge >= 0.3 is 11.9 Å². The van der Waals surface area contributed by atoms with Crippen LogP contribution in [0.4, 0.5) is 0 Å². The second-order valence-electron chi connectivity index (χ2n) is 13.2. The molecule has 13 heteroatoms. The van der Waals surface area contributed by atoms with E-state index in [2.05, 4.69) is 5.32 Å². The third-order valence-electron chi connectivity index (χ3n) is 8.32. The largest absolute Gasteiger partial charge is 0.481 e. The minimum absolute atomic E-state index is 0.100. The molecule has 0 heterocycles. The molecule has 51 heavy (non-hydrogen) atoms. The maximum atomic E-state index is 12.1. The number of ether oxygens (including phenoxy) is 4. The third kappa shape index (κ3) is 36.8. The first-order valence-electron chi connectivity index (χ1n) is 19.2. The average molecular weight is 730 g/mol. The van der Waals surface area contributed by atoms with Crippen LogP contribution >= 0.6 is 0 Å². The van der Waals surface area contributed by atoms with Crippen LogP contribution in [0.25, 0.3) is 0 Å². The van der Waals surface area contributed by atoms with Crippen LogP contribution in [0.2, 0.25) is 0 Å². The van der Waals surface area contributed by atoms with Crippen molar-refractivity contribution in [1.82, 2.24) is 5.32 Å². The molecule has 3 N–H and O–H groups in total. The molecule has 0 saturated heterocycles. The summed E-state index contributed by atoms with van der Waals surface area (Å²) in [5.74, 6) is -3.17. The highest BCUT2D eigenvalue weighted by atomic mass is 16.5. The van der Waals surface area contributed by atoms with Crippen molar-refractivity contribution >= 4 is 35.2 Å². The van der Waals surface area contributed by atoms with E-state index in [4.69, 9.17) is 24.1 Å². The SMILES string of the molecule is CC(=O)CC[C@H](CC(=O)COCCOCCNC(=O)COCCOCCCC(=O)CCCCCCCCCCCCCCCCC(=O)O)C(=O)O. The molecular formula is C38H67NO12. The number of aliphatic carboxylic acids is 2. The van der Waals surface area contributed by atoms with Crippen molar-refractivity contribution < 1.29 is 57.9 Å². The molecule has 0 aromatic carbocycles. The van der Waals surface area contributed by atoms with Crippen LogP contribution in [0.5, 0.6) is 0 Å². The first-order valence-corrected chi connectivity index (χ1v) is 19.2. The van der Waals surface area contributed by atoms with Crippen LogP contribution < -0.4 is 5.32 Å². The quantitative estimate of drug-likeness (QED) is 0.0636. The van der Waals surface area contributed by atoms with E-state index in [0.717, 1.165) is 32.1 Å². The predicted molar refractivity (Wildman–Crippen MR) is 193 cm³/mol. The molecule has 0 aliphatic rings. The van der Waals surface area contributed by atoms with Gasteiger partial charge in [-0.05, 0) is 32.6 Å². The van der Waals surface area contributed by atoms with Crippen molar-refractivity contribution in [3.63, 3.8) is 0 Å². The minimum Gasteiger partial charge on any atom is -0.481 e. The van der Waals surface area contributed by atoms with Gasteiger partial charge in [0.25, 0.3) is 0 Å². The van der Waals surface area contributed by atoms with Crippen molar-refractivity contribution in [3.05, 3.63) is 0 Å². The molecule has 0 rings (SSSR count). The third-order valence-corrected chi connectivity index (χ3v) is 8.32. The number of carbonyl (C=O) groups excluding carboxylic acids is 4. The summed E-state index contributed by atoms with van der Waals surface area (Å²) in [6.07, 6.45) is 18.5. The highest BCUT2D eigenvalue weighted by molar-refractivity contribution is 5.85. The molecule has 0 bridgehead atoms. The molecule has 13 nitrogen and oxygen atoms in total. The minimum atomic E-state index is -1.10. The number of carboxylic acids is 2. The van der Waals surface area contributed by atoms with Gasteiger partial charge in [-0.2, -0.15) is 0 Å². The number of nitrogens with one attached hydrogen (secondary N) is 1. The van der Waals surface area contributed by atoms with E-state index in [1.807, 2.05) is 0 Å². The Labute approximate surface area is 305 Å². The molecule has 0 unspecified atom stereocenters. The number of rotatable bonds is 40. The Kier molecular flexibility index (Phi) is 33.7. The summed E-state index contributed by atoms with van der Waals surface area (Å²) >= 11 is 0. The molecule has 296 valence electrons. The van der Waals surface area contributed by atoms with Crippen LogP contribution in [-0.4, -0.2) is 105 Å². The monoisotopic (exact) mass is 729 g/mol. The first-order chi connectivity index (χ1) is 24.6. The maximum absolute atomic E-state index is 12.1. The molecular weight excluding hydrogens is 662 g/mol. The van der Waals surface area contributed by atoms with Crippen molar-refractivity contribution in [2.24, 2.45) is 5.92 Å². The molecule has 1 amide bonds. The Hall–Kier alpha value is -2.74. The van der Waals surface area contributed by atoms with E-state index < -0.39 is 17.9 Å². The van der Waals surface area contributed by atoms with E-state index >= 15 is 0 Å². The zero-order valence-corrected chi connectivity index (χ0v) is 31.3. The molecule has 0 aliphatic heterocycles. The van der Waals surface area contributed by atoms with Crippen molar-refractivity contribution in [1.29, 1.82) is 0 Å². The summed E-state index contributed by atoms with van der Waals surface area (Å²) < 4.78 is 21.4. The Morgan fingerprint density at radius 2 is 0.980 bits per heavy atom. The second kappa shape index (κ2) is 35.7. The Balaban J connectivity index is 3.42. The molecule has 0 saturated carbocycles. The Morgan fingerprint density at radius 1 is 0.510 bits per heavy atom. The zero-order valence-electron chi connectivity index (χ0n) is 31.3. The van der Waals surface area contributed by atoms with Crippen LogP contribution in [-0.2, 0) is 47.7 Å². The summed E-state index contributed by atoms with van der Waals surface area (Å²) in [6.45, 7) is 3.04. The summed E-state index contributed by atoms with van der Waals surface area (Å²) in [6, 6.07) is 0. The highest BCUT2D eigenvalue weighted by Crippen LogP contribution is 2.15. The van der Waals surface area contributed by atoms with Crippen LogP contribution in [0.3, 0.4) is 0 Å². The summed E-state index contributed by atoms with van der Waals surface area (Å²) in [7, 11) is 0. The first kappa shape index (κ1) is 48.3. The van der Waals surface area contributed by atoms with E-state index in [1.165, 1.54) is 64.7 Å². The van der Waals surface area contributed by atoms with Crippen molar-refractivity contribution in [2.45, 2.75) is 142 Å². The van der Waals surface area contributed by atoms with Gasteiger partial charge in [-0.15, -0.1) is 0 Å². The van der Waals surface area contributed by atoms with E-state index in [-0.39, 0.29) is 88.7 Å². The Bertz CT molecular complexity index is 942. The fraction of sp³-hybridized carbons (Fsp3) is 0.842. The number of hydrogen-bond acceptors (Lipinski definition) is 10. The molecule has 0 spiro atoms. The lowest BCUT2D eigenvalue weighted by atomic mass is 9.96. The number of ketones is 3. The number of carboxylic acid groups (broad SMARTS) is 2. The van der Waals surface area contributed by atoms with Gasteiger partial charge in [0.15, 0.2) is 5.78 Å². The molecule has 0 aromatic heterocycles. The van der Waals surface area contributed by atoms with Crippen molar-refractivity contribution in [2.75, 3.05) is 59.4 Å². The summed E-state index contributed by atoms with van der Waals surface area (Å²) in [4.78, 5) is 68.6. The van der Waals surface area contributed by atoms with Crippen LogP contribution in [0.15, 0.2) is 0 Å². The highest BCUT2D eigenvalue weighted by Gasteiger charge is 2.21. The van der Waals surface area contributed by atoms with Crippen LogP contribution in [0.1, 0.15) is 142 Å². The normalized spacial score (nSPS) is 11.7. The van der Waals surface area contributed by atoms with E-state index in [0.29, 0.717) is 38.9 Å². The summed E-state index contributed by atoms with van der Waals surface area (Å²) in [5, 5.41) is 20.5. The number of amides is 1. The van der Waals surface area contributed by atoms with Gasteiger partial charge in [0.2, 0.25) is 5.91 Å².